The van der Waals surface area contributed by atoms with Crippen molar-refractivity contribution in [2.24, 2.45) is 0 Å². The zero-order chi connectivity index (χ0) is 23.3. The number of hydrogen-bond acceptors (Lipinski definition) is 0. The first-order chi connectivity index (χ1) is 17.2. The molecule has 2 aliphatic heterocycles. The van der Waals surface area contributed by atoms with Gasteiger partial charge in [-0.3, -0.25) is 0 Å². The maximum Gasteiger partial charge on any atom is 0.248 e. The number of benzene rings is 5. The molecular weight excluding hydrogens is 421 g/mol. The molecule has 164 valence electrons. The van der Waals surface area contributed by atoms with Gasteiger partial charge in [-0.15, -0.1) is 0 Å². The van der Waals surface area contributed by atoms with Crippen LogP contribution in [0, 0.1) is 0 Å². The van der Waals surface area contributed by atoms with E-state index in [0.29, 0.717) is 0 Å². The van der Waals surface area contributed by atoms with Crippen LogP contribution in [-0.4, -0.2) is 11.3 Å². The number of hydrogen-bond donors (Lipinski definition) is 0. The molecule has 6 aromatic rings. The van der Waals surface area contributed by atoms with Crippen LogP contribution in [0.2, 0.25) is 0 Å². The van der Waals surface area contributed by atoms with Crippen LogP contribution in [0.15, 0.2) is 109 Å². The number of fused-ring (bicyclic) bond motifs is 7. The molecular formula is C33H24BN. The molecule has 0 atom stereocenters. The van der Waals surface area contributed by atoms with Crippen LogP contribution < -0.4 is 16.4 Å². The van der Waals surface area contributed by atoms with Crippen LogP contribution in [0.1, 0.15) is 25.0 Å². The first-order valence-corrected chi connectivity index (χ1v) is 12.5. The molecule has 8 rings (SSSR count). The van der Waals surface area contributed by atoms with E-state index in [-0.39, 0.29) is 12.1 Å². The Morgan fingerprint density at radius 1 is 0.600 bits per heavy atom. The van der Waals surface area contributed by atoms with Gasteiger partial charge in [-0.1, -0.05) is 116 Å². The fraction of sp³-hybridized carbons (Fsp3) is 0.0909. The summed E-state index contributed by atoms with van der Waals surface area (Å²) >= 11 is 0. The highest BCUT2D eigenvalue weighted by Gasteiger charge is 2.45. The minimum Gasteiger partial charge on any atom is -0.310 e. The Morgan fingerprint density at radius 2 is 1.34 bits per heavy atom. The quantitative estimate of drug-likeness (QED) is 0.277. The van der Waals surface area contributed by atoms with Crippen molar-refractivity contribution in [2.45, 2.75) is 19.3 Å². The van der Waals surface area contributed by atoms with Gasteiger partial charge < -0.3 is 4.57 Å². The standard InChI is InChI=1S/C33H24BN/c1-33(2)25-14-7-8-16-27(25)34-30-22(21-11-4-3-5-12-21)19-20-24-23-13-6-9-17-28(23)35(32(24)30)29-18-10-15-26(33)31(29)34/h3-20H,1-2H3. The normalized spacial score (nSPS) is 14.7. The third-order valence-corrected chi connectivity index (χ3v) is 8.48. The molecule has 1 aromatic heterocycles. The molecule has 0 spiro atoms. The minimum absolute atomic E-state index is 0.0559. The summed E-state index contributed by atoms with van der Waals surface area (Å²) in [5.41, 5.74) is 13.8. The predicted octanol–water partition coefficient (Wildman–Crippen LogP) is 5.92. The summed E-state index contributed by atoms with van der Waals surface area (Å²) < 4.78 is 2.55. The highest BCUT2D eigenvalue weighted by molar-refractivity contribution is 6.99. The van der Waals surface area contributed by atoms with Crippen molar-refractivity contribution in [3.8, 4) is 16.8 Å². The zero-order valence-electron chi connectivity index (χ0n) is 19.9. The smallest absolute Gasteiger partial charge is 0.248 e. The van der Waals surface area contributed by atoms with E-state index < -0.39 is 0 Å². The molecule has 0 N–H and O–H groups in total. The van der Waals surface area contributed by atoms with Crippen LogP contribution >= 0.6 is 0 Å². The van der Waals surface area contributed by atoms with Crippen LogP contribution in [0.3, 0.4) is 0 Å². The van der Waals surface area contributed by atoms with E-state index in [9.17, 15) is 0 Å². The molecule has 0 saturated carbocycles. The lowest BCUT2D eigenvalue weighted by molar-refractivity contribution is 0.645. The molecule has 0 aliphatic carbocycles. The summed E-state index contributed by atoms with van der Waals surface area (Å²) in [6.07, 6.45) is 0. The van der Waals surface area contributed by atoms with Gasteiger partial charge in [-0.05, 0) is 45.3 Å². The summed E-state index contributed by atoms with van der Waals surface area (Å²) in [7, 11) is 0. The second kappa shape index (κ2) is 6.55. The topological polar surface area (TPSA) is 4.93 Å². The first-order valence-electron chi connectivity index (χ1n) is 12.5. The largest absolute Gasteiger partial charge is 0.310 e. The van der Waals surface area contributed by atoms with E-state index in [0.717, 1.165) is 0 Å². The first kappa shape index (κ1) is 19.3. The van der Waals surface area contributed by atoms with Gasteiger partial charge >= 0.3 is 0 Å². The maximum absolute atomic E-state index is 2.55. The summed E-state index contributed by atoms with van der Waals surface area (Å²) in [5.74, 6) is 0. The number of aromatic nitrogens is 1. The molecule has 0 saturated heterocycles. The van der Waals surface area contributed by atoms with E-state index in [4.69, 9.17) is 0 Å². The Hall–Kier alpha value is -4.04. The SMILES string of the molecule is CC1(C)c2ccccc2B2c3c(cccc31)-n1c3ccccc3c3ccc(-c4ccccc4)c2c31. The van der Waals surface area contributed by atoms with Crippen LogP contribution in [-0.2, 0) is 5.41 Å². The van der Waals surface area contributed by atoms with E-state index >= 15 is 0 Å². The van der Waals surface area contributed by atoms with E-state index in [1.165, 1.54) is 66.1 Å². The highest BCUT2D eigenvalue weighted by atomic mass is 15.0. The third kappa shape index (κ3) is 2.30. The van der Waals surface area contributed by atoms with Crippen molar-refractivity contribution >= 4 is 44.9 Å². The highest BCUT2D eigenvalue weighted by Crippen LogP contribution is 2.40. The van der Waals surface area contributed by atoms with E-state index in [1.807, 2.05) is 0 Å². The lowest BCUT2D eigenvalue weighted by Crippen LogP contribution is -2.63. The Bertz CT molecular complexity index is 1820. The fourth-order valence-electron chi connectivity index (χ4n) is 7.01. The van der Waals surface area contributed by atoms with Gasteiger partial charge in [0.2, 0.25) is 6.71 Å². The van der Waals surface area contributed by atoms with Gasteiger partial charge in [0.1, 0.15) is 0 Å². The second-order valence-electron chi connectivity index (χ2n) is 10.5. The maximum atomic E-state index is 2.55. The van der Waals surface area contributed by atoms with Crippen molar-refractivity contribution in [3.63, 3.8) is 0 Å². The number of rotatable bonds is 1. The summed E-state index contributed by atoms with van der Waals surface area (Å²) in [6.45, 7) is 4.99. The average molecular weight is 445 g/mol. The minimum atomic E-state index is -0.0559. The molecule has 0 radical (unpaired) electrons. The van der Waals surface area contributed by atoms with Crippen molar-refractivity contribution in [1.82, 2.24) is 4.57 Å². The van der Waals surface area contributed by atoms with Gasteiger partial charge in [0, 0.05) is 27.4 Å². The van der Waals surface area contributed by atoms with Crippen molar-refractivity contribution in [1.29, 1.82) is 0 Å². The zero-order valence-corrected chi connectivity index (χ0v) is 19.9. The lowest BCUT2D eigenvalue weighted by atomic mass is 9.30. The summed E-state index contributed by atoms with van der Waals surface area (Å²) in [5, 5.41) is 2.67. The average Bonchev–Trinajstić information content (AvgIpc) is 3.24. The van der Waals surface area contributed by atoms with Gasteiger partial charge in [-0.2, -0.15) is 0 Å². The van der Waals surface area contributed by atoms with Gasteiger partial charge in [0.15, 0.2) is 0 Å². The Kier molecular flexibility index (Phi) is 3.61. The summed E-state index contributed by atoms with van der Waals surface area (Å²) in [4.78, 5) is 0. The number of para-hydroxylation sites is 1. The van der Waals surface area contributed by atoms with Crippen LogP contribution in [0.5, 0.6) is 0 Å². The van der Waals surface area contributed by atoms with Crippen LogP contribution in [0.4, 0.5) is 0 Å². The molecule has 0 bridgehead atoms. The Morgan fingerprint density at radius 3 is 2.23 bits per heavy atom. The molecule has 2 aliphatic rings. The number of nitrogens with zero attached hydrogens (tertiary/aromatic N) is 1. The Labute approximate surface area is 205 Å². The lowest BCUT2D eigenvalue weighted by Gasteiger charge is -2.42. The van der Waals surface area contributed by atoms with Crippen LogP contribution in [0.25, 0.3) is 38.6 Å². The molecule has 35 heavy (non-hydrogen) atoms. The van der Waals surface area contributed by atoms with Crippen molar-refractivity contribution in [3.05, 3.63) is 120 Å². The van der Waals surface area contributed by atoms with E-state index in [1.54, 1.807) is 0 Å². The molecule has 0 amide bonds. The molecule has 3 heterocycles. The van der Waals surface area contributed by atoms with E-state index in [2.05, 4.69) is 128 Å². The predicted molar refractivity (Wildman–Crippen MR) is 149 cm³/mol. The Balaban J connectivity index is 1.65. The molecule has 1 nitrogen and oxygen atoms in total. The second-order valence-corrected chi connectivity index (χ2v) is 10.5. The van der Waals surface area contributed by atoms with Gasteiger partial charge in [0.25, 0.3) is 0 Å². The van der Waals surface area contributed by atoms with Crippen molar-refractivity contribution < 1.29 is 0 Å². The third-order valence-electron chi connectivity index (χ3n) is 8.48. The molecule has 0 fully saturated rings. The molecule has 0 unspecified atom stereocenters. The monoisotopic (exact) mass is 445 g/mol. The summed E-state index contributed by atoms with van der Waals surface area (Å²) in [6, 6.07) is 40.6. The molecule has 2 heteroatoms. The van der Waals surface area contributed by atoms with Crippen molar-refractivity contribution in [2.75, 3.05) is 0 Å². The molecule has 5 aromatic carbocycles. The van der Waals surface area contributed by atoms with Gasteiger partial charge in [0.05, 0.1) is 5.52 Å². The van der Waals surface area contributed by atoms with Gasteiger partial charge in [-0.25, -0.2) is 0 Å². The fourth-order valence-corrected chi connectivity index (χ4v) is 7.01.